The molecule has 3 aromatic carbocycles. The maximum absolute atomic E-state index is 13.9. The molecule has 0 atom stereocenters. The van der Waals surface area contributed by atoms with Crippen molar-refractivity contribution in [2.45, 2.75) is 6.92 Å². The van der Waals surface area contributed by atoms with E-state index in [-0.39, 0.29) is 11.7 Å². The highest BCUT2D eigenvalue weighted by Crippen LogP contribution is 2.27. The van der Waals surface area contributed by atoms with Gasteiger partial charge >= 0.3 is 0 Å². The second-order valence-corrected chi connectivity index (χ2v) is 5.33. The van der Waals surface area contributed by atoms with Crippen LogP contribution in [-0.4, -0.2) is 5.91 Å². The summed E-state index contributed by atoms with van der Waals surface area (Å²) in [7, 11) is 0. The quantitative estimate of drug-likeness (QED) is 0.720. The highest BCUT2D eigenvalue weighted by atomic mass is 19.1. The van der Waals surface area contributed by atoms with E-state index in [1.54, 1.807) is 36.4 Å². The van der Waals surface area contributed by atoms with Gasteiger partial charge in [0.2, 0.25) is 0 Å². The van der Waals surface area contributed by atoms with E-state index in [0.717, 1.165) is 11.1 Å². The molecule has 3 rings (SSSR count). The number of halogens is 1. The molecule has 0 saturated carbocycles. The summed E-state index contributed by atoms with van der Waals surface area (Å²) in [5, 5.41) is 2.89. The molecule has 1 amide bonds. The monoisotopic (exact) mass is 305 g/mol. The Balaban J connectivity index is 1.93. The first-order valence-electron chi connectivity index (χ1n) is 7.37. The zero-order valence-corrected chi connectivity index (χ0v) is 12.7. The third-order valence-electron chi connectivity index (χ3n) is 3.71. The lowest BCUT2D eigenvalue weighted by molar-refractivity contribution is 0.102. The molecule has 3 aromatic rings. The van der Waals surface area contributed by atoms with Gasteiger partial charge in [-0.3, -0.25) is 4.79 Å². The number of nitrogens with one attached hydrogen (secondary N) is 1. The molecule has 0 heterocycles. The van der Waals surface area contributed by atoms with Gasteiger partial charge in [0.15, 0.2) is 0 Å². The minimum atomic E-state index is -0.281. The number of hydrogen-bond acceptors (Lipinski definition) is 1. The molecule has 0 spiro atoms. The highest BCUT2D eigenvalue weighted by molar-refractivity contribution is 6.04. The summed E-state index contributed by atoms with van der Waals surface area (Å²) in [4.78, 5) is 12.3. The van der Waals surface area contributed by atoms with E-state index in [9.17, 15) is 9.18 Å². The van der Waals surface area contributed by atoms with Crippen LogP contribution in [0.3, 0.4) is 0 Å². The van der Waals surface area contributed by atoms with Gasteiger partial charge in [-0.15, -0.1) is 0 Å². The van der Waals surface area contributed by atoms with Crippen LogP contribution in [0.25, 0.3) is 11.1 Å². The topological polar surface area (TPSA) is 29.1 Å². The van der Waals surface area contributed by atoms with Gasteiger partial charge < -0.3 is 5.32 Å². The van der Waals surface area contributed by atoms with E-state index < -0.39 is 0 Å². The fourth-order valence-corrected chi connectivity index (χ4v) is 2.40. The SMILES string of the molecule is Cc1ccc(-c2ccccc2F)cc1NC(=O)c1ccccc1. The van der Waals surface area contributed by atoms with E-state index in [4.69, 9.17) is 0 Å². The van der Waals surface area contributed by atoms with Gasteiger partial charge in [0.1, 0.15) is 5.82 Å². The predicted octanol–water partition coefficient (Wildman–Crippen LogP) is 5.05. The maximum Gasteiger partial charge on any atom is 0.255 e. The number of carbonyl (C=O) groups is 1. The van der Waals surface area contributed by atoms with Crippen LogP contribution < -0.4 is 5.32 Å². The van der Waals surface area contributed by atoms with Crippen molar-refractivity contribution < 1.29 is 9.18 Å². The molecule has 0 aromatic heterocycles. The summed E-state index contributed by atoms with van der Waals surface area (Å²) >= 11 is 0. The van der Waals surface area contributed by atoms with Crippen LogP contribution in [0.4, 0.5) is 10.1 Å². The first-order valence-corrected chi connectivity index (χ1v) is 7.37. The molecular formula is C20H16FNO. The summed E-state index contributed by atoms with van der Waals surface area (Å²) in [5.74, 6) is -0.462. The average molecular weight is 305 g/mol. The smallest absolute Gasteiger partial charge is 0.255 e. The Labute approximate surface area is 134 Å². The van der Waals surface area contributed by atoms with Crippen LogP contribution in [0.2, 0.25) is 0 Å². The standard InChI is InChI=1S/C20H16FNO/c1-14-11-12-16(17-9-5-6-10-18(17)21)13-19(14)22-20(23)15-7-3-2-4-8-15/h2-13H,1H3,(H,22,23). The van der Waals surface area contributed by atoms with E-state index in [2.05, 4.69) is 5.32 Å². The molecule has 23 heavy (non-hydrogen) atoms. The van der Waals surface area contributed by atoms with Crippen molar-refractivity contribution in [1.29, 1.82) is 0 Å². The second-order valence-electron chi connectivity index (χ2n) is 5.33. The summed E-state index contributed by atoms with van der Waals surface area (Å²) < 4.78 is 13.9. The molecule has 2 nitrogen and oxygen atoms in total. The Morgan fingerprint density at radius 3 is 2.35 bits per heavy atom. The van der Waals surface area contributed by atoms with E-state index >= 15 is 0 Å². The van der Waals surface area contributed by atoms with Crippen molar-refractivity contribution in [1.82, 2.24) is 0 Å². The third kappa shape index (κ3) is 3.29. The van der Waals surface area contributed by atoms with E-state index in [0.29, 0.717) is 16.8 Å². The zero-order chi connectivity index (χ0) is 16.2. The predicted molar refractivity (Wildman–Crippen MR) is 91.0 cm³/mol. The third-order valence-corrected chi connectivity index (χ3v) is 3.71. The molecule has 3 heteroatoms. The maximum atomic E-state index is 13.9. The lowest BCUT2D eigenvalue weighted by atomic mass is 10.0. The number of aryl methyl sites for hydroxylation is 1. The lowest BCUT2D eigenvalue weighted by Gasteiger charge is -2.11. The number of hydrogen-bond donors (Lipinski definition) is 1. The van der Waals surface area contributed by atoms with Gasteiger partial charge in [0.25, 0.3) is 5.91 Å². The van der Waals surface area contributed by atoms with Crippen molar-refractivity contribution in [3.8, 4) is 11.1 Å². The number of carbonyl (C=O) groups excluding carboxylic acids is 1. The number of rotatable bonds is 3. The highest BCUT2D eigenvalue weighted by Gasteiger charge is 2.10. The summed E-state index contributed by atoms with van der Waals surface area (Å²) in [6, 6.07) is 21.1. The summed E-state index contributed by atoms with van der Waals surface area (Å²) in [6.45, 7) is 1.91. The van der Waals surface area contributed by atoms with Gasteiger partial charge in [-0.05, 0) is 42.3 Å². The molecule has 0 unspecified atom stereocenters. The van der Waals surface area contributed by atoms with Crippen molar-refractivity contribution in [3.63, 3.8) is 0 Å². The van der Waals surface area contributed by atoms with Gasteiger partial charge in [-0.1, -0.05) is 48.5 Å². The minimum absolute atomic E-state index is 0.181. The van der Waals surface area contributed by atoms with E-state index in [1.165, 1.54) is 6.07 Å². The Morgan fingerprint density at radius 2 is 1.61 bits per heavy atom. The first-order chi connectivity index (χ1) is 11.1. The Morgan fingerprint density at radius 1 is 0.913 bits per heavy atom. The van der Waals surface area contributed by atoms with Crippen LogP contribution in [-0.2, 0) is 0 Å². The van der Waals surface area contributed by atoms with Gasteiger partial charge in [-0.25, -0.2) is 4.39 Å². The van der Waals surface area contributed by atoms with Crippen LogP contribution >= 0.6 is 0 Å². The molecule has 0 aliphatic heterocycles. The first kappa shape index (κ1) is 15.0. The summed E-state index contributed by atoms with van der Waals surface area (Å²) in [5.41, 5.74) is 3.44. The molecule has 0 saturated heterocycles. The van der Waals surface area contributed by atoms with Crippen LogP contribution in [0, 0.1) is 12.7 Å². The van der Waals surface area contributed by atoms with Gasteiger partial charge in [-0.2, -0.15) is 0 Å². The fraction of sp³-hybridized carbons (Fsp3) is 0.0500. The molecule has 0 bridgehead atoms. The largest absolute Gasteiger partial charge is 0.322 e. The zero-order valence-electron chi connectivity index (χ0n) is 12.7. The van der Waals surface area contributed by atoms with E-state index in [1.807, 2.05) is 37.3 Å². The fourth-order valence-electron chi connectivity index (χ4n) is 2.40. The van der Waals surface area contributed by atoms with Crippen molar-refractivity contribution in [2.75, 3.05) is 5.32 Å². The number of amides is 1. The van der Waals surface area contributed by atoms with Crippen LogP contribution in [0.15, 0.2) is 72.8 Å². The normalized spacial score (nSPS) is 10.3. The van der Waals surface area contributed by atoms with Gasteiger partial charge in [0, 0.05) is 16.8 Å². The van der Waals surface area contributed by atoms with Crippen LogP contribution in [0.5, 0.6) is 0 Å². The molecule has 0 fully saturated rings. The molecular weight excluding hydrogens is 289 g/mol. The minimum Gasteiger partial charge on any atom is -0.322 e. The Hall–Kier alpha value is -2.94. The molecule has 0 aliphatic rings. The van der Waals surface area contributed by atoms with Crippen LogP contribution in [0.1, 0.15) is 15.9 Å². The van der Waals surface area contributed by atoms with Crippen molar-refractivity contribution >= 4 is 11.6 Å². The summed E-state index contributed by atoms with van der Waals surface area (Å²) in [6.07, 6.45) is 0. The molecule has 0 aliphatic carbocycles. The number of anilines is 1. The average Bonchev–Trinajstić information content (AvgIpc) is 2.58. The van der Waals surface area contributed by atoms with Gasteiger partial charge in [0.05, 0.1) is 0 Å². The van der Waals surface area contributed by atoms with Crippen molar-refractivity contribution in [2.24, 2.45) is 0 Å². The Kier molecular flexibility index (Phi) is 4.20. The number of benzene rings is 3. The molecule has 0 radical (unpaired) electrons. The molecule has 114 valence electrons. The molecule has 1 N–H and O–H groups in total. The lowest BCUT2D eigenvalue weighted by Crippen LogP contribution is -2.12. The second kappa shape index (κ2) is 6.44. The van der Waals surface area contributed by atoms with Crippen molar-refractivity contribution in [3.05, 3.63) is 89.7 Å². The Bertz CT molecular complexity index is 843.